The van der Waals surface area contributed by atoms with Gasteiger partial charge in [-0.05, 0) is 17.7 Å². The van der Waals surface area contributed by atoms with Crippen LogP contribution in [0.2, 0.25) is 0 Å². The summed E-state index contributed by atoms with van der Waals surface area (Å²) in [6.45, 7) is -1.27. The van der Waals surface area contributed by atoms with Crippen molar-refractivity contribution >= 4 is 23.7 Å². The number of rotatable bonds is 11. The van der Waals surface area contributed by atoms with Gasteiger partial charge in [-0.25, -0.2) is 0 Å². The number of carbonyl (C=O) groups is 4. The highest BCUT2D eigenvalue weighted by Gasteiger charge is 2.18. The van der Waals surface area contributed by atoms with Crippen LogP contribution in [0.15, 0.2) is 24.3 Å². The molecule has 0 saturated heterocycles. The Bertz CT molecular complexity index is 665. The van der Waals surface area contributed by atoms with Crippen LogP contribution >= 0.6 is 0 Å². The first-order valence-electron chi connectivity index (χ1n) is 7.80. The Hall–Kier alpha value is -3.22. The number of amides is 3. The predicted octanol–water partition coefficient (Wildman–Crippen LogP) is -3.54. The summed E-state index contributed by atoms with van der Waals surface area (Å²) in [7, 11) is 0. The molecule has 0 aliphatic rings. The zero-order valence-corrected chi connectivity index (χ0v) is 14.4. The third-order valence-corrected chi connectivity index (χ3v) is 3.23. The number of nitrogens with two attached hydrogens (primary N) is 1. The topological polar surface area (TPSA) is 197 Å². The lowest BCUT2D eigenvalue weighted by Crippen LogP contribution is -2.68. The number of carbonyl (C=O) groups excluding carboxylic acids is 3. The van der Waals surface area contributed by atoms with E-state index in [2.05, 4.69) is 31.6 Å². The van der Waals surface area contributed by atoms with E-state index < -0.39 is 42.8 Å². The average molecular weight is 384 g/mol. The zero-order valence-electron chi connectivity index (χ0n) is 14.4. The van der Waals surface area contributed by atoms with Crippen LogP contribution in [0.3, 0.4) is 0 Å². The van der Waals surface area contributed by atoms with Gasteiger partial charge in [0.25, 0.3) is 5.91 Å². The van der Waals surface area contributed by atoms with Gasteiger partial charge in [-0.2, -0.15) is 5.90 Å². The van der Waals surface area contributed by atoms with E-state index in [1.165, 1.54) is 0 Å². The van der Waals surface area contributed by atoms with Gasteiger partial charge in [0.2, 0.25) is 11.8 Å². The molecule has 12 heteroatoms. The number of hydrogen-bond acceptors (Lipinski definition) is 7. The van der Waals surface area contributed by atoms with Crippen molar-refractivity contribution in [3.8, 4) is 5.75 Å². The Morgan fingerprint density at radius 3 is 2.11 bits per heavy atom. The van der Waals surface area contributed by atoms with Crippen LogP contribution in [0, 0.1) is 0 Å². The number of quaternary nitrogens is 1. The summed E-state index contributed by atoms with van der Waals surface area (Å²) in [4.78, 5) is 53.8. The molecule has 3 amide bonds. The van der Waals surface area contributed by atoms with Gasteiger partial charge >= 0.3 is 5.97 Å². The van der Waals surface area contributed by atoms with Crippen LogP contribution < -0.4 is 32.5 Å². The number of nitrogens with one attached hydrogen (secondary N) is 3. The van der Waals surface area contributed by atoms with Gasteiger partial charge in [-0.3, -0.25) is 19.2 Å². The normalized spacial score (nSPS) is 11.2. The van der Waals surface area contributed by atoms with Gasteiger partial charge in [0, 0.05) is 6.42 Å². The number of hydrogen-bond donors (Lipinski definition) is 6. The molecule has 1 aromatic rings. The Balaban J connectivity index is 2.30. The molecule has 0 bridgehead atoms. The highest BCUT2D eigenvalue weighted by Crippen LogP contribution is 2.12. The van der Waals surface area contributed by atoms with E-state index in [9.17, 15) is 19.2 Å². The Kier molecular flexibility index (Phi) is 9.22. The first kappa shape index (κ1) is 21.8. The van der Waals surface area contributed by atoms with E-state index in [-0.39, 0.29) is 6.54 Å². The third kappa shape index (κ3) is 9.15. The fraction of sp³-hybridized carbons (Fsp3) is 0.333. The molecule has 0 aliphatic carbocycles. The fourth-order valence-electron chi connectivity index (χ4n) is 1.90. The molecule has 1 atom stereocenters. The van der Waals surface area contributed by atoms with Crippen LogP contribution in [-0.2, 0) is 30.6 Å². The van der Waals surface area contributed by atoms with Crippen LogP contribution in [0.25, 0.3) is 0 Å². The van der Waals surface area contributed by atoms with E-state index in [0.717, 1.165) is 5.56 Å². The lowest BCUT2D eigenvalue weighted by molar-refractivity contribution is -0.403. The van der Waals surface area contributed by atoms with Gasteiger partial charge < -0.3 is 31.7 Å². The first-order valence-corrected chi connectivity index (χ1v) is 7.80. The minimum absolute atomic E-state index is 0.328. The van der Waals surface area contributed by atoms with Crippen molar-refractivity contribution in [3.63, 3.8) is 0 Å². The van der Waals surface area contributed by atoms with Gasteiger partial charge in [0.15, 0.2) is 11.8 Å². The molecular formula is C15H22N5O7+. The number of aliphatic carboxylic acids is 1. The summed E-state index contributed by atoms with van der Waals surface area (Å²) in [5, 5.41) is 15.2. The maximum atomic E-state index is 12.0. The number of benzene rings is 1. The van der Waals surface area contributed by atoms with Gasteiger partial charge in [-0.1, -0.05) is 17.1 Å². The molecule has 1 rings (SSSR count). The smallest absolute Gasteiger partial charge is 0.322 e. The predicted molar refractivity (Wildman–Crippen MR) is 89.4 cm³/mol. The molecule has 0 saturated carbocycles. The van der Waals surface area contributed by atoms with E-state index in [1.54, 1.807) is 24.3 Å². The second-order valence-corrected chi connectivity index (χ2v) is 5.39. The fourth-order valence-corrected chi connectivity index (χ4v) is 1.90. The van der Waals surface area contributed by atoms with Gasteiger partial charge in [0.1, 0.15) is 6.54 Å². The molecule has 27 heavy (non-hydrogen) atoms. The van der Waals surface area contributed by atoms with Crippen molar-refractivity contribution in [1.29, 1.82) is 0 Å². The first-order chi connectivity index (χ1) is 12.8. The standard InChI is InChI=1S/C15H21N5O7/c16-11(5-9-1-3-10(4-2-9)26-27-17)15(25)20-7-13(22)18-6-12(21)19-8-14(23)24/h1-4,11H,5-8,16-17H2,(H,18,22)(H,19,21)(H,20,25)(H,23,24)/p+1. The largest absolute Gasteiger partial charge is 0.480 e. The van der Waals surface area contributed by atoms with E-state index in [1.807, 2.05) is 0 Å². The maximum Gasteiger partial charge on any atom is 0.322 e. The molecule has 0 spiro atoms. The van der Waals surface area contributed by atoms with E-state index in [4.69, 9.17) is 11.0 Å². The van der Waals surface area contributed by atoms with Crippen LogP contribution in [0.4, 0.5) is 0 Å². The minimum Gasteiger partial charge on any atom is -0.480 e. The Labute approximate surface area is 154 Å². The molecule has 1 aromatic carbocycles. The summed E-state index contributed by atoms with van der Waals surface area (Å²) in [6.07, 6.45) is 0.328. The van der Waals surface area contributed by atoms with Gasteiger partial charge in [-0.15, -0.1) is 0 Å². The quantitative estimate of drug-likeness (QED) is 0.166. The van der Waals surface area contributed by atoms with Crippen molar-refractivity contribution in [2.75, 3.05) is 19.6 Å². The molecule has 0 radical (unpaired) electrons. The monoisotopic (exact) mass is 384 g/mol. The summed E-state index contributed by atoms with van der Waals surface area (Å²) < 4.78 is 0. The lowest BCUT2D eigenvalue weighted by Gasteiger charge is -2.10. The lowest BCUT2D eigenvalue weighted by atomic mass is 10.1. The van der Waals surface area contributed by atoms with Crippen LogP contribution in [0.1, 0.15) is 5.56 Å². The van der Waals surface area contributed by atoms with Crippen LogP contribution in [0.5, 0.6) is 5.75 Å². The molecule has 0 aromatic heterocycles. The molecule has 148 valence electrons. The molecule has 12 nitrogen and oxygen atoms in total. The minimum atomic E-state index is -1.20. The summed E-state index contributed by atoms with van der Waals surface area (Å²) >= 11 is 0. The van der Waals surface area contributed by atoms with Crippen molar-refractivity contribution < 1.29 is 39.9 Å². The molecule has 0 aliphatic heterocycles. The SMILES string of the molecule is NOOc1ccc(CC([NH3+])C(=O)NCC(=O)NCC(=O)NCC(=O)O)cc1. The maximum absolute atomic E-state index is 12.0. The van der Waals surface area contributed by atoms with Gasteiger partial charge in [0.05, 0.1) is 13.1 Å². The highest BCUT2D eigenvalue weighted by atomic mass is 17.3. The Morgan fingerprint density at radius 1 is 1.00 bits per heavy atom. The third-order valence-electron chi connectivity index (χ3n) is 3.23. The average Bonchev–Trinajstić information content (AvgIpc) is 2.64. The summed E-state index contributed by atoms with van der Waals surface area (Å²) in [6, 6.07) is 5.99. The molecule has 9 N–H and O–H groups in total. The number of carboxylic acid groups (broad SMARTS) is 1. The Morgan fingerprint density at radius 2 is 1.56 bits per heavy atom. The molecule has 0 heterocycles. The second-order valence-electron chi connectivity index (χ2n) is 5.39. The van der Waals surface area contributed by atoms with Crippen molar-refractivity contribution in [2.24, 2.45) is 5.90 Å². The van der Waals surface area contributed by atoms with Crippen molar-refractivity contribution in [3.05, 3.63) is 29.8 Å². The highest BCUT2D eigenvalue weighted by molar-refractivity contribution is 5.89. The van der Waals surface area contributed by atoms with Crippen molar-refractivity contribution in [1.82, 2.24) is 16.0 Å². The van der Waals surface area contributed by atoms with Crippen molar-refractivity contribution in [2.45, 2.75) is 12.5 Å². The van der Waals surface area contributed by atoms with E-state index >= 15 is 0 Å². The molecule has 0 fully saturated rings. The van der Waals surface area contributed by atoms with Crippen LogP contribution in [-0.4, -0.2) is 54.5 Å². The van der Waals surface area contributed by atoms with E-state index in [0.29, 0.717) is 12.2 Å². The summed E-state index contributed by atoms with van der Waals surface area (Å²) in [5.41, 5.74) is 4.56. The molecule has 1 unspecified atom stereocenters. The number of carboxylic acids is 1. The summed E-state index contributed by atoms with van der Waals surface area (Å²) in [5.74, 6) is 2.30. The zero-order chi connectivity index (χ0) is 20.2. The molecular weight excluding hydrogens is 362 g/mol. The second kappa shape index (κ2) is 11.4.